The van der Waals surface area contributed by atoms with Gasteiger partial charge in [-0.25, -0.2) is 0 Å². The van der Waals surface area contributed by atoms with E-state index in [9.17, 15) is 0 Å². The van der Waals surface area contributed by atoms with Gasteiger partial charge >= 0.3 is 0 Å². The summed E-state index contributed by atoms with van der Waals surface area (Å²) in [5, 5.41) is 42.1. The van der Waals surface area contributed by atoms with E-state index in [1.165, 1.54) is 77.0 Å². The van der Waals surface area contributed by atoms with Crippen molar-refractivity contribution in [2.75, 3.05) is 73.0 Å². The Bertz CT molecular complexity index is 2440. The summed E-state index contributed by atoms with van der Waals surface area (Å²) >= 11 is 0. The van der Waals surface area contributed by atoms with Crippen LogP contribution in [-0.4, -0.2) is 188 Å². The van der Waals surface area contributed by atoms with Crippen LogP contribution in [0.1, 0.15) is 261 Å². The Balaban J connectivity index is 0.932. The summed E-state index contributed by atoms with van der Waals surface area (Å²) in [6.07, 6.45) is 37.6. The highest BCUT2D eigenvalue weighted by Gasteiger charge is 2.70. The molecular formula is C87H156N10O8. The molecule has 36 atom stereocenters. The summed E-state index contributed by atoms with van der Waals surface area (Å²) in [6, 6.07) is 0.372. The summed E-state index contributed by atoms with van der Waals surface area (Å²) in [6.45, 7) is 27.1. The number of nitrogens with zero attached hydrogens (tertiary/aromatic N) is 1. The second-order valence-corrected chi connectivity index (χ2v) is 37.5. The molecule has 8 aliphatic carbocycles. The first-order valence-corrected chi connectivity index (χ1v) is 46.2. The van der Waals surface area contributed by atoms with Crippen molar-refractivity contribution in [3.8, 4) is 0 Å². The molecule has 7 aliphatic heterocycles. The Labute approximate surface area is 638 Å². The van der Waals surface area contributed by atoms with Crippen LogP contribution in [0.3, 0.4) is 0 Å². The second-order valence-electron chi connectivity index (χ2n) is 37.5. The van der Waals surface area contributed by atoms with Gasteiger partial charge < -0.3 is 48.5 Å². The molecule has 18 nitrogen and oxygen atoms in total. The Morgan fingerprint density at radius 1 is 0.257 bits per heavy atom. The number of hydrogen-bond acceptors (Lipinski definition) is 18. The molecule has 7 saturated heterocycles. The van der Waals surface area contributed by atoms with Crippen LogP contribution in [0.5, 0.6) is 0 Å². The Kier molecular flexibility index (Phi) is 28.6. The predicted octanol–water partition coefficient (Wildman–Crippen LogP) is 12.6. The van der Waals surface area contributed by atoms with Crippen molar-refractivity contribution in [1.29, 1.82) is 0 Å². The van der Waals surface area contributed by atoms with Crippen molar-refractivity contribution in [2.24, 2.45) is 107 Å². The maximum absolute atomic E-state index is 7.91. The van der Waals surface area contributed by atoms with Crippen LogP contribution in [-0.2, 0) is 37.9 Å². The molecule has 0 aromatic heterocycles. The Morgan fingerprint density at radius 3 is 0.771 bits per heavy atom. The molecule has 0 spiro atoms. The van der Waals surface area contributed by atoms with Crippen molar-refractivity contribution in [3.05, 3.63) is 0 Å². The number of unbranched alkanes of at least 4 members (excludes halogenated alkanes) is 8. The average molecular weight is 1470 g/mol. The van der Waals surface area contributed by atoms with Crippen LogP contribution in [0.25, 0.3) is 0 Å². The highest BCUT2D eigenvalue weighted by Crippen LogP contribution is 2.61. The molecule has 602 valence electrons. The summed E-state index contributed by atoms with van der Waals surface area (Å²) in [7, 11) is 2.52. The Morgan fingerprint density at radius 2 is 0.486 bits per heavy atom. The lowest BCUT2D eigenvalue weighted by atomic mass is 9.54. The lowest BCUT2D eigenvalue weighted by molar-refractivity contribution is -0.188. The quantitative estimate of drug-likeness (QED) is 0.0290. The molecule has 15 fully saturated rings. The minimum absolute atomic E-state index is 0.0171. The van der Waals surface area contributed by atoms with Gasteiger partial charge in [0.2, 0.25) is 0 Å². The molecule has 15 aliphatic rings. The monoisotopic (exact) mass is 1470 g/mol. The van der Waals surface area contributed by atoms with Crippen molar-refractivity contribution in [2.45, 2.75) is 371 Å². The first-order valence-electron chi connectivity index (χ1n) is 46.2. The normalized spacial score (nSPS) is 47.6. The molecule has 0 radical (unpaired) electrons. The van der Waals surface area contributed by atoms with E-state index in [-0.39, 0.29) is 158 Å². The fourth-order valence-corrected chi connectivity index (χ4v) is 26.8. The van der Waals surface area contributed by atoms with Gasteiger partial charge in [0.05, 0.1) is 98.2 Å². The highest BCUT2D eigenvalue weighted by atomic mass is 16.5. The van der Waals surface area contributed by atoms with Crippen LogP contribution >= 0.6 is 0 Å². The Hall–Kier alpha value is -0.720. The van der Waals surface area contributed by atoms with E-state index in [1.807, 2.05) is 0 Å². The van der Waals surface area contributed by atoms with Crippen LogP contribution in [0.15, 0.2) is 0 Å². The fourth-order valence-electron chi connectivity index (χ4n) is 26.8. The first-order chi connectivity index (χ1) is 51.7. The van der Waals surface area contributed by atoms with Crippen LogP contribution < -0.4 is 47.9 Å². The predicted molar refractivity (Wildman–Crippen MR) is 417 cm³/mol. The van der Waals surface area contributed by atoms with E-state index in [2.05, 4.69) is 78.0 Å². The van der Waals surface area contributed by atoms with Crippen molar-refractivity contribution < 1.29 is 37.9 Å². The van der Waals surface area contributed by atoms with E-state index in [0.717, 1.165) is 218 Å². The molecule has 0 aromatic rings. The second kappa shape index (κ2) is 37.7. The van der Waals surface area contributed by atoms with Gasteiger partial charge in [0.25, 0.3) is 0 Å². The summed E-state index contributed by atoms with van der Waals surface area (Å²) < 4.78 is 62.7. The number of hydrogen-bond donors (Lipinski definition) is 9. The van der Waals surface area contributed by atoms with Crippen LogP contribution in [0.4, 0.5) is 0 Å². The maximum Gasteiger partial charge on any atom is 0.0792 e. The lowest BCUT2D eigenvalue weighted by Crippen LogP contribution is -2.68. The van der Waals surface area contributed by atoms with Gasteiger partial charge in [0.15, 0.2) is 0 Å². The molecule has 18 heteroatoms. The molecule has 7 heterocycles. The largest absolute Gasteiger partial charge is 0.378 e. The zero-order chi connectivity index (χ0) is 72.1. The molecule has 0 aromatic carbocycles. The summed E-state index contributed by atoms with van der Waals surface area (Å²) in [5.41, 5.74) is 0. The van der Waals surface area contributed by atoms with Gasteiger partial charge in [-0.1, -0.05) is 158 Å². The number of piperidine rings is 2. The fraction of sp³-hybridized carbons (Fsp3) is 1.00. The minimum atomic E-state index is -0.118. The number of ether oxygens (including phenoxy) is 8. The third kappa shape index (κ3) is 16.3. The molecule has 105 heavy (non-hydrogen) atoms. The van der Waals surface area contributed by atoms with Crippen LogP contribution in [0.2, 0.25) is 0 Å². The third-order valence-corrected chi connectivity index (χ3v) is 31.6. The zero-order valence-electron chi connectivity index (χ0n) is 67.7. The summed E-state index contributed by atoms with van der Waals surface area (Å²) in [4.78, 5) is 2.84. The van der Waals surface area contributed by atoms with E-state index < -0.39 is 0 Å². The standard InChI is InChI=1S/C87H156N10O8/c1-10-18-40-98-72-56-36-30-38-88-70(56)78(104-46-24-16-7)67-66(72)82-90-80-62-65(77(103-45-23-15-6)61-51-55-35-29-26-32-52(55)48-58(61)74(62)100-42-20-12-3)85(93-80)96-87-69-68(73(99-41-19-11-2)57-37-31-39-89-71(57)79(69)105-47-25-17-8)86(97(87)9)95-84-64-63(81(94-84)91-83(67)92-82)75(101-43-21-13-4)59-49-53-33-27-28-34-54(53)50-60(59)76(64)102-44-22-14-5/h52-96H,10-51H2,1-9H3. The van der Waals surface area contributed by atoms with E-state index in [0.29, 0.717) is 35.5 Å². The smallest absolute Gasteiger partial charge is 0.0792 e. The molecular weight excluding hydrogens is 1310 g/mol. The molecule has 8 saturated carbocycles. The maximum atomic E-state index is 7.91. The SMILES string of the molecule is CCCCOC1C2CC3CCCCC3CC2C(OCCCC)C2C3NC(NC4NC(NC5NC(NC6C7C(OCCCC)C8CCCNC8C(OCCCC)C7C(N3)N6C)C3C(OCCCC)C6CC7CCCCC7CC6C(OCCCC)C53)C3C(OCCCC)C5NCCCC5C(OCCCC)C43)C12. The zero-order valence-corrected chi connectivity index (χ0v) is 67.7. The molecule has 0 amide bonds. The molecule has 15 rings (SSSR count). The number of fused-ring (bicyclic) bond motifs is 26. The van der Waals surface area contributed by atoms with Crippen molar-refractivity contribution in [1.82, 2.24) is 52.8 Å². The minimum Gasteiger partial charge on any atom is -0.378 e. The molecule has 8 bridgehead atoms. The lowest BCUT2D eigenvalue weighted by Gasteiger charge is -2.57. The van der Waals surface area contributed by atoms with Gasteiger partial charge in [-0.3, -0.25) is 42.1 Å². The molecule has 9 N–H and O–H groups in total. The molecule has 36 unspecified atom stereocenters. The number of nitrogens with one attached hydrogen (secondary N) is 9. The van der Waals surface area contributed by atoms with E-state index in [1.54, 1.807) is 0 Å². The third-order valence-electron chi connectivity index (χ3n) is 31.6. The van der Waals surface area contributed by atoms with Gasteiger partial charge in [-0.05, 0) is 170 Å². The van der Waals surface area contributed by atoms with Gasteiger partial charge in [0, 0.05) is 124 Å². The van der Waals surface area contributed by atoms with Crippen molar-refractivity contribution in [3.63, 3.8) is 0 Å². The van der Waals surface area contributed by atoms with Crippen LogP contribution in [0, 0.1) is 107 Å². The van der Waals surface area contributed by atoms with Gasteiger partial charge in [-0.15, -0.1) is 0 Å². The van der Waals surface area contributed by atoms with Gasteiger partial charge in [0.1, 0.15) is 0 Å². The van der Waals surface area contributed by atoms with E-state index in [4.69, 9.17) is 75.1 Å². The van der Waals surface area contributed by atoms with Crippen molar-refractivity contribution >= 4 is 0 Å². The average Bonchev–Trinajstić information content (AvgIpc) is 1.57. The van der Waals surface area contributed by atoms with E-state index >= 15 is 0 Å². The summed E-state index contributed by atoms with van der Waals surface area (Å²) in [5.74, 6) is 6.32. The topological polar surface area (TPSA) is 185 Å². The highest BCUT2D eigenvalue weighted by molar-refractivity contribution is 5.21. The number of rotatable bonds is 32. The van der Waals surface area contributed by atoms with Gasteiger partial charge in [-0.2, -0.15) is 0 Å². The first kappa shape index (κ1) is 79.5.